The Bertz CT molecular complexity index is 484. The smallest absolute Gasteiger partial charge is 0.328 e. The van der Waals surface area contributed by atoms with Gasteiger partial charge in [-0.2, -0.15) is 0 Å². The number of carbonyl (C=O) groups is 2. The molecule has 0 aromatic heterocycles. The van der Waals surface area contributed by atoms with Crippen molar-refractivity contribution in [2.45, 2.75) is 10.9 Å². The zero-order chi connectivity index (χ0) is 14.4. The third-order valence-electron chi connectivity index (χ3n) is 2.07. The van der Waals surface area contributed by atoms with Crippen LogP contribution in [0.4, 0.5) is 0 Å². The van der Waals surface area contributed by atoms with Crippen molar-refractivity contribution >= 4 is 46.8 Å². The Morgan fingerprint density at radius 3 is 2.63 bits per heavy atom. The lowest BCUT2D eigenvalue weighted by molar-refractivity contribution is -0.142. The lowest BCUT2D eigenvalue weighted by Gasteiger charge is -2.11. The van der Waals surface area contributed by atoms with E-state index in [0.717, 1.165) is 11.8 Å². The van der Waals surface area contributed by atoms with Crippen molar-refractivity contribution in [1.29, 1.82) is 0 Å². The molecule has 8 heteroatoms. The number of amides is 1. The van der Waals surface area contributed by atoms with Crippen LogP contribution in [0.25, 0.3) is 0 Å². The number of carboxylic acid groups (broad SMARTS) is 1. The Hall–Kier alpha value is -0.950. The monoisotopic (exact) mass is 323 g/mol. The molecule has 0 spiro atoms. The van der Waals surface area contributed by atoms with Gasteiger partial charge in [0.25, 0.3) is 0 Å². The van der Waals surface area contributed by atoms with Gasteiger partial charge in [-0.1, -0.05) is 23.2 Å². The molecule has 0 heterocycles. The van der Waals surface area contributed by atoms with Crippen LogP contribution in [0.15, 0.2) is 23.1 Å². The molecule has 1 rings (SSSR count). The molecular weight excluding hydrogens is 313 g/mol. The van der Waals surface area contributed by atoms with Crippen LogP contribution in [0.1, 0.15) is 0 Å². The molecule has 0 unspecified atom stereocenters. The lowest BCUT2D eigenvalue weighted by atomic mass is 10.3. The van der Waals surface area contributed by atoms with Crippen LogP contribution in [-0.4, -0.2) is 40.5 Å². The van der Waals surface area contributed by atoms with Crippen LogP contribution in [0.3, 0.4) is 0 Å². The van der Waals surface area contributed by atoms with Crippen molar-refractivity contribution in [2.75, 3.05) is 12.4 Å². The fourth-order valence-electron chi connectivity index (χ4n) is 1.15. The number of halogens is 2. The Kier molecular flexibility index (Phi) is 6.44. The molecule has 0 radical (unpaired) electrons. The number of rotatable bonds is 6. The van der Waals surface area contributed by atoms with Gasteiger partial charge in [-0.25, -0.2) is 4.79 Å². The number of aliphatic hydroxyl groups excluding tert-OH is 1. The second-order valence-electron chi connectivity index (χ2n) is 3.50. The number of benzene rings is 1. The van der Waals surface area contributed by atoms with Crippen molar-refractivity contribution in [1.82, 2.24) is 5.32 Å². The minimum atomic E-state index is -1.30. The lowest BCUT2D eigenvalue weighted by Crippen LogP contribution is -2.44. The van der Waals surface area contributed by atoms with E-state index < -0.39 is 24.5 Å². The van der Waals surface area contributed by atoms with E-state index in [0.29, 0.717) is 14.9 Å². The quantitative estimate of drug-likeness (QED) is 0.693. The second kappa shape index (κ2) is 7.59. The first kappa shape index (κ1) is 16.1. The van der Waals surface area contributed by atoms with Gasteiger partial charge in [0.2, 0.25) is 5.91 Å². The molecule has 3 N–H and O–H groups in total. The van der Waals surface area contributed by atoms with E-state index in [1.807, 2.05) is 0 Å². The normalized spacial score (nSPS) is 11.9. The van der Waals surface area contributed by atoms with E-state index >= 15 is 0 Å². The van der Waals surface area contributed by atoms with Crippen molar-refractivity contribution in [3.63, 3.8) is 0 Å². The maximum absolute atomic E-state index is 11.5. The van der Waals surface area contributed by atoms with Gasteiger partial charge in [0.05, 0.1) is 17.4 Å². The van der Waals surface area contributed by atoms with E-state index in [2.05, 4.69) is 5.32 Å². The fourth-order valence-corrected chi connectivity index (χ4v) is 2.46. The van der Waals surface area contributed by atoms with Gasteiger partial charge in [0.1, 0.15) is 6.04 Å². The first-order valence-electron chi connectivity index (χ1n) is 5.15. The molecule has 1 amide bonds. The van der Waals surface area contributed by atoms with Gasteiger partial charge in [-0.15, -0.1) is 11.8 Å². The van der Waals surface area contributed by atoms with Crippen LogP contribution >= 0.6 is 35.0 Å². The van der Waals surface area contributed by atoms with Crippen molar-refractivity contribution in [3.8, 4) is 0 Å². The number of hydrogen-bond donors (Lipinski definition) is 3. The summed E-state index contributed by atoms with van der Waals surface area (Å²) in [6.07, 6.45) is 0. The first-order valence-corrected chi connectivity index (χ1v) is 6.89. The molecule has 0 saturated carbocycles. The van der Waals surface area contributed by atoms with Crippen molar-refractivity contribution in [2.24, 2.45) is 0 Å². The predicted molar refractivity (Wildman–Crippen MR) is 73.8 cm³/mol. The minimum absolute atomic E-state index is 0.0240. The van der Waals surface area contributed by atoms with E-state index in [1.165, 1.54) is 0 Å². The average molecular weight is 324 g/mol. The van der Waals surface area contributed by atoms with Gasteiger partial charge in [0, 0.05) is 9.92 Å². The van der Waals surface area contributed by atoms with Crippen LogP contribution in [0, 0.1) is 0 Å². The number of aliphatic hydroxyl groups is 1. The highest BCUT2D eigenvalue weighted by atomic mass is 35.5. The number of carboxylic acids is 1. The van der Waals surface area contributed by atoms with Gasteiger partial charge >= 0.3 is 5.97 Å². The van der Waals surface area contributed by atoms with Gasteiger partial charge in [0.15, 0.2) is 0 Å². The molecule has 0 saturated heterocycles. The molecular formula is C11H11Cl2NO4S. The highest BCUT2D eigenvalue weighted by molar-refractivity contribution is 8.00. The Morgan fingerprint density at radius 1 is 1.37 bits per heavy atom. The zero-order valence-electron chi connectivity index (χ0n) is 9.60. The summed E-state index contributed by atoms with van der Waals surface area (Å²) < 4.78 is 0. The third kappa shape index (κ3) is 5.28. The molecule has 1 aromatic rings. The summed E-state index contributed by atoms with van der Waals surface area (Å²) in [5, 5.41) is 20.6. The fraction of sp³-hybridized carbons (Fsp3) is 0.273. The zero-order valence-corrected chi connectivity index (χ0v) is 11.9. The molecule has 0 aliphatic rings. The highest BCUT2D eigenvalue weighted by Crippen LogP contribution is 2.29. The molecule has 5 nitrogen and oxygen atoms in total. The molecule has 0 bridgehead atoms. The standard InChI is InChI=1S/C11H11Cl2NO4S/c12-6-1-2-7(13)9(3-6)19-5-10(16)14-8(4-15)11(17)18/h1-3,8,15H,4-5H2,(H,14,16)(H,17,18)/t8-/m0/s1. The van der Waals surface area contributed by atoms with E-state index in [-0.39, 0.29) is 5.75 Å². The van der Waals surface area contributed by atoms with Crippen LogP contribution in [-0.2, 0) is 9.59 Å². The summed E-state index contributed by atoms with van der Waals surface area (Å²) >= 11 is 12.8. The maximum atomic E-state index is 11.5. The summed E-state index contributed by atoms with van der Waals surface area (Å²) in [6.45, 7) is -0.663. The largest absolute Gasteiger partial charge is 0.480 e. The molecule has 1 aromatic carbocycles. The van der Waals surface area contributed by atoms with Gasteiger partial charge < -0.3 is 15.5 Å². The first-order chi connectivity index (χ1) is 8.93. The second-order valence-corrected chi connectivity index (χ2v) is 5.37. The summed E-state index contributed by atoms with van der Waals surface area (Å²) in [5.74, 6) is -1.83. The number of hydrogen-bond acceptors (Lipinski definition) is 4. The number of thioether (sulfide) groups is 1. The average Bonchev–Trinajstić information content (AvgIpc) is 2.36. The minimum Gasteiger partial charge on any atom is -0.480 e. The summed E-state index contributed by atoms with van der Waals surface area (Å²) in [5.41, 5.74) is 0. The summed E-state index contributed by atoms with van der Waals surface area (Å²) in [7, 11) is 0. The Morgan fingerprint density at radius 2 is 2.05 bits per heavy atom. The van der Waals surface area contributed by atoms with Crippen LogP contribution in [0.2, 0.25) is 10.0 Å². The van der Waals surface area contributed by atoms with Gasteiger partial charge in [-0.05, 0) is 18.2 Å². The number of aliphatic carboxylic acids is 1. The Balaban J connectivity index is 2.54. The van der Waals surface area contributed by atoms with E-state index in [4.69, 9.17) is 33.4 Å². The molecule has 0 aliphatic heterocycles. The van der Waals surface area contributed by atoms with E-state index in [9.17, 15) is 9.59 Å². The van der Waals surface area contributed by atoms with Crippen LogP contribution < -0.4 is 5.32 Å². The molecule has 0 aliphatic carbocycles. The third-order valence-corrected chi connectivity index (χ3v) is 3.80. The number of carbonyl (C=O) groups excluding carboxylic acids is 1. The van der Waals surface area contributed by atoms with E-state index in [1.54, 1.807) is 18.2 Å². The van der Waals surface area contributed by atoms with Crippen molar-refractivity contribution in [3.05, 3.63) is 28.2 Å². The van der Waals surface area contributed by atoms with Crippen LogP contribution in [0.5, 0.6) is 0 Å². The predicted octanol–water partition coefficient (Wildman–Crippen LogP) is 1.65. The topological polar surface area (TPSA) is 86.6 Å². The molecule has 0 fully saturated rings. The molecule has 19 heavy (non-hydrogen) atoms. The van der Waals surface area contributed by atoms with Crippen molar-refractivity contribution < 1.29 is 19.8 Å². The maximum Gasteiger partial charge on any atom is 0.328 e. The molecule has 1 atom stereocenters. The van der Waals surface area contributed by atoms with Gasteiger partial charge in [-0.3, -0.25) is 4.79 Å². The molecule has 104 valence electrons. The Labute approximate surface area is 123 Å². The summed E-state index contributed by atoms with van der Waals surface area (Å²) in [4.78, 5) is 22.7. The number of nitrogens with one attached hydrogen (secondary N) is 1. The highest BCUT2D eigenvalue weighted by Gasteiger charge is 2.18. The SMILES string of the molecule is O=C(CSc1cc(Cl)ccc1Cl)N[C@@H](CO)C(=O)O. The summed E-state index contributed by atoms with van der Waals surface area (Å²) in [6, 6.07) is 3.55.